The summed E-state index contributed by atoms with van der Waals surface area (Å²) in [6.07, 6.45) is 2.56. The van der Waals surface area contributed by atoms with Crippen LogP contribution in [-0.2, 0) is 29.5 Å². The van der Waals surface area contributed by atoms with Crippen LogP contribution in [-0.4, -0.2) is 13.4 Å². The van der Waals surface area contributed by atoms with Gasteiger partial charge in [0.2, 0.25) is 10.0 Å². The highest BCUT2D eigenvalue weighted by Gasteiger charge is 2.19. The lowest BCUT2D eigenvalue weighted by atomic mass is 10.2. The smallest absolute Gasteiger partial charge is 0.243 e. The normalized spacial score (nSPS) is 11.8. The van der Waals surface area contributed by atoms with Crippen molar-refractivity contribution in [3.63, 3.8) is 0 Å². The number of nitrogens with two attached hydrogens (primary N) is 1. The molecule has 1 aromatic carbocycles. The number of benzene rings is 1. The molecular formula is C13H16FN3O2S2. The van der Waals surface area contributed by atoms with Gasteiger partial charge in [-0.25, -0.2) is 22.5 Å². The first-order valence-electron chi connectivity index (χ1n) is 6.38. The number of halogens is 1. The number of hydrogen-bond acceptors (Lipinski definition) is 5. The second kappa shape index (κ2) is 6.61. The molecule has 0 amide bonds. The molecule has 0 radical (unpaired) electrons. The molecule has 3 N–H and O–H groups in total. The number of thiazole rings is 1. The Kier molecular flexibility index (Phi) is 5.04. The van der Waals surface area contributed by atoms with E-state index in [9.17, 15) is 12.8 Å². The van der Waals surface area contributed by atoms with Crippen LogP contribution in [0.2, 0.25) is 0 Å². The molecule has 0 saturated heterocycles. The van der Waals surface area contributed by atoms with Crippen molar-refractivity contribution >= 4 is 21.4 Å². The highest BCUT2D eigenvalue weighted by atomic mass is 32.2. The standard InChI is InChI=1S/C13H16FN3O2S2/c1-2-10-7-16-13(20-10)8-17-21(18,19)12-4-3-9(6-15)5-11(12)14/h3-5,7,17H,2,6,8,15H2,1H3. The number of aryl methyl sites for hydroxylation is 1. The minimum absolute atomic E-state index is 0.0467. The molecule has 1 heterocycles. The summed E-state index contributed by atoms with van der Waals surface area (Å²) in [5.41, 5.74) is 5.93. The van der Waals surface area contributed by atoms with Gasteiger partial charge in [-0.1, -0.05) is 13.0 Å². The molecule has 0 saturated carbocycles. The molecule has 0 bridgehead atoms. The van der Waals surface area contributed by atoms with Crippen molar-refractivity contribution in [2.75, 3.05) is 0 Å². The van der Waals surface area contributed by atoms with Crippen LogP contribution in [0.25, 0.3) is 0 Å². The summed E-state index contributed by atoms with van der Waals surface area (Å²) in [5, 5.41) is 0.648. The molecule has 8 heteroatoms. The van der Waals surface area contributed by atoms with Gasteiger partial charge in [-0.3, -0.25) is 0 Å². The van der Waals surface area contributed by atoms with E-state index in [1.54, 1.807) is 6.20 Å². The first-order chi connectivity index (χ1) is 9.96. The van der Waals surface area contributed by atoms with E-state index in [0.29, 0.717) is 10.6 Å². The largest absolute Gasteiger partial charge is 0.326 e. The van der Waals surface area contributed by atoms with E-state index in [1.165, 1.54) is 23.5 Å². The Bertz CT molecular complexity index is 729. The molecule has 0 atom stereocenters. The van der Waals surface area contributed by atoms with Crippen molar-refractivity contribution in [1.82, 2.24) is 9.71 Å². The third kappa shape index (κ3) is 3.85. The van der Waals surface area contributed by atoms with Crippen LogP contribution in [0.1, 0.15) is 22.4 Å². The van der Waals surface area contributed by atoms with Gasteiger partial charge in [0.15, 0.2) is 0 Å². The number of sulfonamides is 1. The van der Waals surface area contributed by atoms with Gasteiger partial charge in [0, 0.05) is 17.6 Å². The summed E-state index contributed by atoms with van der Waals surface area (Å²) in [6.45, 7) is 2.20. The molecule has 114 valence electrons. The first kappa shape index (κ1) is 16.0. The summed E-state index contributed by atoms with van der Waals surface area (Å²) in [4.78, 5) is 4.80. The third-order valence-corrected chi connectivity index (χ3v) is 5.46. The minimum atomic E-state index is -3.91. The fourth-order valence-corrected chi connectivity index (χ4v) is 3.66. The highest BCUT2D eigenvalue weighted by Crippen LogP contribution is 2.18. The summed E-state index contributed by atoms with van der Waals surface area (Å²) in [5.74, 6) is -0.807. The van der Waals surface area contributed by atoms with Crippen LogP contribution in [0.15, 0.2) is 29.3 Å². The quantitative estimate of drug-likeness (QED) is 0.846. The number of rotatable bonds is 6. The monoisotopic (exact) mass is 329 g/mol. The van der Waals surface area contributed by atoms with Gasteiger partial charge in [0.05, 0.1) is 6.54 Å². The van der Waals surface area contributed by atoms with Crippen LogP contribution in [0.3, 0.4) is 0 Å². The van der Waals surface area contributed by atoms with Crippen LogP contribution in [0, 0.1) is 5.82 Å². The van der Waals surface area contributed by atoms with E-state index in [-0.39, 0.29) is 18.0 Å². The lowest BCUT2D eigenvalue weighted by Gasteiger charge is -2.07. The number of aromatic nitrogens is 1. The minimum Gasteiger partial charge on any atom is -0.326 e. The number of nitrogens with zero attached hydrogens (tertiary/aromatic N) is 1. The van der Waals surface area contributed by atoms with Crippen molar-refractivity contribution in [2.45, 2.75) is 31.3 Å². The molecule has 0 spiro atoms. The predicted molar refractivity (Wildman–Crippen MR) is 79.8 cm³/mol. The maximum atomic E-state index is 13.8. The second-order valence-electron chi connectivity index (χ2n) is 4.37. The summed E-state index contributed by atoms with van der Waals surface area (Å²) in [7, 11) is -3.91. The molecule has 0 fully saturated rings. The van der Waals surface area contributed by atoms with Gasteiger partial charge in [0.1, 0.15) is 15.7 Å². The van der Waals surface area contributed by atoms with Gasteiger partial charge in [-0.05, 0) is 24.1 Å². The fourth-order valence-electron chi connectivity index (χ4n) is 1.72. The van der Waals surface area contributed by atoms with E-state index < -0.39 is 15.8 Å². The van der Waals surface area contributed by atoms with Crippen molar-refractivity contribution < 1.29 is 12.8 Å². The SMILES string of the molecule is CCc1cnc(CNS(=O)(=O)c2ccc(CN)cc2F)s1. The Hall–Kier alpha value is -1.35. The maximum absolute atomic E-state index is 13.8. The molecule has 0 unspecified atom stereocenters. The fraction of sp³-hybridized carbons (Fsp3) is 0.308. The van der Waals surface area contributed by atoms with E-state index in [2.05, 4.69) is 9.71 Å². The lowest BCUT2D eigenvalue weighted by molar-refractivity contribution is 0.555. The molecule has 21 heavy (non-hydrogen) atoms. The predicted octanol–water partition coefficient (Wildman–Crippen LogP) is 1.78. The zero-order valence-corrected chi connectivity index (χ0v) is 13.1. The Labute approximate surface area is 127 Å². The zero-order valence-electron chi connectivity index (χ0n) is 11.5. The van der Waals surface area contributed by atoms with Gasteiger partial charge in [-0.15, -0.1) is 11.3 Å². The van der Waals surface area contributed by atoms with E-state index >= 15 is 0 Å². The van der Waals surface area contributed by atoms with Crippen molar-refractivity contribution in [3.8, 4) is 0 Å². The number of hydrogen-bond donors (Lipinski definition) is 2. The maximum Gasteiger partial charge on any atom is 0.243 e. The average molecular weight is 329 g/mol. The Morgan fingerprint density at radius 1 is 1.43 bits per heavy atom. The van der Waals surface area contributed by atoms with Crippen LogP contribution in [0.4, 0.5) is 4.39 Å². The molecule has 1 aromatic heterocycles. The Balaban J connectivity index is 2.14. The topological polar surface area (TPSA) is 85.1 Å². The van der Waals surface area contributed by atoms with Crippen LogP contribution < -0.4 is 10.5 Å². The van der Waals surface area contributed by atoms with Crippen molar-refractivity contribution in [3.05, 3.63) is 45.7 Å². The molecule has 0 aliphatic carbocycles. The number of nitrogens with one attached hydrogen (secondary N) is 1. The van der Waals surface area contributed by atoms with Crippen molar-refractivity contribution in [2.24, 2.45) is 5.73 Å². The van der Waals surface area contributed by atoms with Gasteiger partial charge in [-0.2, -0.15) is 0 Å². The van der Waals surface area contributed by atoms with Gasteiger partial charge >= 0.3 is 0 Å². The molecule has 5 nitrogen and oxygen atoms in total. The third-order valence-electron chi connectivity index (χ3n) is 2.88. The Morgan fingerprint density at radius 3 is 2.76 bits per heavy atom. The van der Waals surface area contributed by atoms with E-state index in [1.807, 2.05) is 6.92 Å². The first-order valence-corrected chi connectivity index (χ1v) is 8.68. The molecule has 2 rings (SSSR count). The van der Waals surface area contributed by atoms with Crippen molar-refractivity contribution in [1.29, 1.82) is 0 Å². The zero-order chi connectivity index (χ0) is 15.5. The van der Waals surface area contributed by atoms with E-state index in [4.69, 9.17) is 5.73 Å². The molecule has 0 aliphatic heterocycles. The van der Waals surface area contributed by atoms with Crippen LogP contribution in [0.5, 0.6) is 0 Å². The molecule has 2 aromatic rings. The summed E-state index contributed by atoms with van der Waals surface area (Å²) in [6, 6.07) is 3.85. The lowest BCUT2D eigenvalue weighted by Crippen LogP contribution is -2.24. The second-order valence-corrected chi connectivity index (χ2v) is 7.30. The van der Waals surface area contributed by atoms with Gasteiger partial charge in [0.25, 0.3) is 0 Å². The average Bonchev–Trinajstić information content (AvgIpc) is 2.93. The summed E-state index contributed by atoms with van der Waals surface area (Å²) < 4.78 is 40.4. The van der Waals surface area contributed by atoms with E-state index in [0.717, 1.165) is 17.4 Å². The van der Waals surface area contributed by atoms with Crippen LogP contribution >= 0.6 is 11.3 Å². The van der Waals surface area contributed by atoms with Gasteiger partial charge < -0.3 is 5.73 Å². The molecular weight excluding hydrogens is 313 g/mol. The highest BCUT2D eigenvalue weighted by molar-refractivity contribution is 7.89. The molecule has 0 aliphatic rings. The Morgan fingerprint density at radius 2 is 2.19 bits per heavy atom. The summed E-state index contributed by atoms with van der Waals surface area (Å²) >= 11 is 1.43.